The minimum atomic E-state index is -0.251. The van der Waals surface area contributed by atoms with Crippen molar-refractivity contribution >= 4 is 51.2 Å². The van der Waals surface area contributed by atoms with Gasteiger partial charge in [-0.25, -0.2) is 4.39 Å². The van der Waals surface area contributed by atoms with Crippen LogP contribution in [0.25, 0.3) is 0 Å². The zero-order valence-corrected chi connectivity index (χ0v) is 14.4. The van der Waals surface area contributed by atoms with E-state index >= 15 is 0 Å². The quantitative estimate of drug-likeness (QED) is 0.515. The van der Waals surface area contributed by atoms with E-state index in [1.165, 1.54) is 23.5 Å². The zero-order chi connectivity index (χ0) is 14.8. The number of thiophene rings is 1. The Morgan fingerprint density at radius 2 is 2.10 bits per heavy atom. The summed E-state index contributed by atoms with van der Waals surface area (Å²) in [6.07, 6.45) is 1.63. The van der Waals surface area contributed by atoms with Gasteiger partial charge in [0.05, 0.1) is 10.6 Å². The first-order chi connectivity index (χ1) is 10.1. The fourth-order valence-electron chi connectivity index (χ4n) is 1.98. The third-order valence-corrected chi connectivity index (χ3v) is 5.13. The molecule has 0 spiro atoms. The van der Waals surface area contributed by atoms with Crippen molar-refractivity contribution in [3.8, 4) is 0 Å². The summed E-state index contributed by atoms with van der Waals surface area (Å²) >= 11 is 9.62. The second-order valence-corrected chi connectivity index (χ2v) is 7.27. The molecule has 2 nitrogen and oxygen atoms in total. The molecule has 6 heteroatoms. The molecule has 2 aromatic heterocycles. The van der Waals surface area contributed by atoms with Crippen LogP contribution in [0.3, 0.4) is 0 Å². The average molecular weight is 434 g/mol. The number of halogens is 3. The maximum Gasteiger partial charge on any atom is 0.131 e. The van der Waals surface area contributed by atoms with Gasteiger partial charge in [-0.05, 0) is 65.1 Å². The number of nitrogens with one attached hydrogen (secondary N) is 1. The Labute approximate surface area is 144 Å². The highest BCUT2D eigenvalue weighted by atomic mass is 127. The molecule has 108 valence electrons. The van der Waals surface area contributed by atoms with Crippen molar-refractivity contribution in [1.29, 1.82) is 0 Å². The van der Waals surface area contributed by atoms with E-state index in [9.17, 15) is 4.39 Å². The third-order valence-electron chi connectivity index (χ3n) is 2.94. The van der Waals surface area contributed by atoms with Crippen LogP contribution < -0.4 is 5.32 Å². The Kier molecular flexibility index (Phi) is 4.51. The molecule has 0 aliphatic carbocycles. The zero-order valence-electron chi connectivity index (χ0n) is 10.6. The Hall–Kier alpha value is -1.05. The van der Waals surface area contributed by atoms with Crippen LogP contribution in [-0.2, 0) is 0 Å². The van der Waals surface area contributed by atoms with Crippen molar-refractivity contribution in [3.63, 3.8) is 0 Å². The van der Waals surface area contributed by atoms with E-state index in [0.29, 0.717) is 0 Å². The lowest BCUT2D eigenvalue weighted by Crippen LogP contribution is -2.11. The van der Waals surface area contributed by atoms with E-state index in [4.69, 9.17) is 16.0 Å². The highest BCUT2D eigenvalue weighted by Gasteiger charge is 2.19. The topological polar surface area (TPSA) is 25.2 Å². The van der Waals surface area contributed by atoms with Gasteiger partial charge in [-0.1, -0.05) is 11.6 Å². The molecule has 0 aliphatic rings. The van der Waals surface area contributed by atoms with Crippen LogP contribution in [0.1, 0.15) is 16.7 Å². The molecule has 1 unspecified atom stereocenters. The summed E-state index contributed by atoms with van der Waals surface area (Å²) in [7, 11) is 0. The van der Waals surface area contributed by atoms with E-state index in [1.54, 1.807) is 12.3 Å². The van der Waals surface area contributed by atoms with E-state index in [1.807, 2.05) is 24.3 Å². The van der Waals surface area contributed by atoms with Crippen LogP contribution in [0, 0.1) is 9.39 Å². The van der Waals surface area contributed by atoms with E-state index in [2.05, 4.69) is 27.9 Å². The highest BCUT2D eigenvalue weighted by molar-refractivity contribution is 14.1. The molecule has 2 heterocycles. The molecule has 0 aliphatic heterocycles. The van der Waals surface area contributed by atoms with Gasteiger partial charge < -0.3 is 9.73 Å². The summed E-state index contributed by atoms with van der Waals surface area (Å²) in [5, 5.41) is 3.39. The predicted octanol–water partition coefficient (Wildman–Crippen LogP) is 5.94. The van der Waals surface area contributed by atoms with Gasteiger partial charge in [0.25, 0.3) is 0 Å². The smallest absolute Gasteiger partial charge is 0.131 e. The maximum absolute atomic E-state index is 13.2. The number of furan rings is 1. The summed E-state index contributed by atoms with van der Waals surface area (Å²) in [6, 6.07) is 12.1. The van der Waals surface area contributed by atoms with Gasteiger partial charge in [0.1, 0.15) is 17.6 Å². The fourth-order valence-corrected chi connectivity index (χ4v) is 3.74. The van der Waals surface area contributed by atoms with E-state index < -0.39 is 0 Å². The summed E-state index contributed by atoms with van der Waals surface area (Å²) in [5.74, 6) is 0.535. The summed E-state index contributed by atoms with van der Waals surface area (Å²) in [4.78, 5) is 1.04. The predicted molar refractivity (Wildman–Crippen MR) is 92.6 cm³/mol. The van der Waals surface area contributed by atoms with Crippen LogP contribution in [-0.4, -0.2) is 0 Å². The maximum atomic E-state index is 13.2. The molecular weight excluding hydrogens is 424 g/mol. The molecule has 0 fully saturated rings. The van der Waals surface area contributed by atoms with Gasteiger partial charge >= 0.3 is 0 Å². The van der Waals surface area contributed by atoms with Gasteiger partial charge in [0.2, 0.25) is 0 Å². The molecule has 0 amide bonds. The van der Waals surface area contributed by atoms with E-state index in [-0.39, 0.29) is 11.9 Å². The Morgan fingerprint density at radius 1 is 1.24 bits per heavy atom. The molecule has 21 heavy (non-hydrogen) atoms. The molecule has 0 radical (unpaired) electrons. The summed E-state index contributed by atoms with van der Waals surface area (Å²) < 4.78 is 20.3. The lowest BCUT2D eigenvalue weighted by Gasteiger charge is -2.17. The first-order valence-corrected chi connectivity index (χ1v) is 8.41. The van der Waals surface area contributed by atoms with E-state index in [0.717, 1.165) is 24.2 Å². The van der Waals surface area contributed by atoms with Crippen molar-refractivity contribution < 1.29 is 8.81 Å². The first kappa shape index (κ1) is 14.9. The first-order valence-electron chi connectivity index (χ1n) is 6.14. The molecule has 0 bridgehead atoms. The minimum Gasteiger partial charge on any atom is -0.467 e. The molecule has 1 N–H and O–H groups in total. The van der Waals surface area contributed by atoms with Crippen molar-refractivity contribution in [2.24, 2.45) is 0 Å². The molecular formula is C15H10ClFINOS. The van der Waals surface area contributed by atoms with Crippen LogP contribution in [0.4, 0.5) is 10.1 Å². The largest absolute Gasteiger partial charge is 0.467 e. The minimum absolute atomic E-state index is 0.156. The van der Waals surface area contributed by atoms with Gasteiger partial charge in [0.15, 0.2) is 0 Å². The summed E-state index contributed by atoms with van der Waals surface area (Å²) in [5.41, 5.74) is 0.850. The Bertz CT molecular complexity index is 744. The van der Waals surface area contributed by atoms with Gasteiger partial charge in [-0.3, -0.25) is 0 Å². The standard InChI is InChI=1S/C15H10ClFINOS/c16-14-6-5-13(21-14)15(12-2-1-7-20-12)19-11-4-3-9(17)8-10(11)18/h1-8,15,19H. The lowest BCUT2D eigenvalue weighted by atomic mass is 10.1. The van der Waals surface area contributed by atoms with Crippen molar-refractivity contribution in [1.82, 2.24) is 0 Å². The Morgan fingerprint density at radius 3 is 2.71 bits per heavy atom. The number of rotatable bonds is 4. The Balaban J connectivity index is 1.96. The van der Waals surface area contributed by atoms with Crippen molar-refractivity contribution in [3.05, 3.63) is 73.1 Å². The van der Waals surface area contributed by atoms with Crippen LogP contribution in [0.5, 0.6) is 0 Å². The molecule has 3 rings (SSSR count). The third kappa shape index (κ3) is 3.41. The normalized spacial score (nSPS) is 12.3. The highest BCUT2D eigenvalue weighted by Crippen LogP contribution is 2.34. The molecule has 3 aromatic rings. The van der Waals surface area contributed by atoms with Crippen LogP contribution in [0.15, 0.2) is 53.1 Å². The van der Waals surface area contributed by atoms with Crippen LogP contribution in [0.2, 0.25) is 4.34 Å². The fraction of sp³-hybridized carbons (Fsp3) is 0.0667. The van der Waals surface area contributed by atoms with Gasteiger partial charge in [-0.15, -0.1) is 11.3 Å². The SMILES string of the molecule is Fc1ccc(NC(c2ccco2)c2ccc(Cl)s2)c(I)c1. The number of hydrogen-bond acceptors (Lipinski definition) is 3. The van der Waals surface area contributed by atoms with Gasteiger partial charge in [-0.2, -0.15) is 0 Å². The second kappa shape index (κ2) is 6.37. The molecule has 0 saturated carbocycles. The molecule has 1 atom stereocenters. The van der Waals surface area contributed by atoms with Gasteiger partial charge in [0, 0.05) is 14.1 Å². The lowest BCUT2D eigenvalue weighted by molar-refractivity contribution is 0.500. The number of benzene rings is 1. The number of hydrogen-bond donors (Lipinski definition) is 1. The number of anilines is 1. The van der Waals surface area contributed by atoms with Crippen molar-refractivity contribution in [2.75, 3.05) is 5.32 Å². The molecule has 0 saturated heterocycles. The molecule has 1 aromatic carbocycles. The summed E-state index contributed by atoms with van der Waals surface area (Å²) in [6.45, 7) is 0. The average Bonchev–Trinajstić information content (AvgIpc) is 3.09. The van der Waals surface area contributed by atoms with Crippen molar-refractivity contribution in [2.45, 2.75) is 6.04 Å². The van der Waals surface area contributed by atoms with Crippen LogP contribution >= 0.6 is 45.5 Å². The second-order valence-electron chi connectivity index (χ2n) is 4.36. The monoisotopic (exact) mass is 433 g/mol.